The van der Waals surface area contributed by atoms with Crippen molar-refractivity contribution < 1.29 is 5.11 Å². The van der Waals surface area contributed by atoms with Crippen LogP contribution in [0.2, 0.25) is 0 Å². The van der Waals surface area contributed by atoms with Gasteiger partial charge in [-0.2, -0.15) is 0 Å². The number of aryl methyl sites for hydroxylation is 1. The lowest BCUT2D eigenvalue weighted by molar-refractivity contribution is 0.148. The molecule has 0 aliphatic carbocycles. The first-order valence-electron chi connectivity index (χ1n) is 5.93. The quantitative estimate of drug-likeness (QED) is 0.772. The molecule has 2 unspecified atom stereocenters. The highest BCUT2D eigenvalue weighted by atomic mass is 32.1. The van der Waals surface area contributed by atoms with Crippen LogP contribution in [0, 0.1) is 5.92 Å². The second-order valence-electron chi connectivity index (χ2n) is 4.31. The first-order valence-corrected chi connectivity index (χ1v) is 6.81. The number of rotatable bonds is 6. The molecule has 2 heteroatoms. The van der Waals surface area contributed by atoms with E-state index in [9.17, 15) is 5.11 Å². The van der Waals surface area contributed by atoms with Gasteiger partial charge in [0.05, 0.1) is 6.10 Å². The topological polar surface area (TPSA) is 20.2 Å². The molecule has 1 aromatic rings. The van der Waals surface area contributed by atoms with Gasteiger partial charge in [0.15, 0.2) is 0 Å². The molecule has 0 aromatic carbocycles. The molecule has 0 aliphatic heterocycles. The number of thiophene rings is 1. The Labute approximate surface area is 97.2 Å². The van der Waals surface area contributed by atoms with E-state index in [1.165, 1.54) is 23.3 Å². The van der Waals surface area contributed by atoms with Gasteiger partial charge < -0.3 is 5.11 Å². The molecular weight excluding hydrogens is 204 g/mol. The third-order valence-corrected chi connectivity index (χ3v) is 3.93. The average molecular weight is 226 g/mol. The van der Waals surface area contributed by atoms with Gasteiger partial charge in [0, 0.05) is 4.88 Å². The predicted octanol–water partition coefficient (Wildman–Crippen LogP) is 4.17. The zero-order chi connectivity index (χ0) is 11.3. The van der Waals surface area contributed by atoms with Crippen molar-refractivity contribution in [1.82, 2.24) is 0 Å². The van der Waals surface area contributed by atoms with Crippen molar-refractivity contribution in [2.24, 2.45) is 5.92 Å². The van der Waals surface area contributed by atoms with E-state index >= 15 is 0 Å². The summed E-state index contributed by atoms with van der Waals surface area (Å²) in [5.41, 5.74) is 1.32. The van der Waals surface area contributed by atoms with Gasteiger partial charge in [0.2, 0.25) is 0 Å². The van der Waals surface area contributed by atoms with Gasteiger partial charge in [-0.25, -0.2) is 0 Å². The molecule has 0 spiro atoms. The fourth-order valence-electron chi connectivity index (χ4n) is 2.03. The van der Waals surface area contributed by atoms with Crippen LogP contribution in [0.3, 0.4) is 0 Å². The van der Waals surface area contributed by atoms with Crippen LogP contribution in [0.15, 0.2) is 11.4 Å². The molecule has 1 N–H and O–H groups in total. The second-order valence-corrected chi connectivity index (χ2v) is 5.26. The van der Waals surface area contributed by atoms with Crippen molar-refractivity contribution in [1.29, 1.82) is 0 Å². The van der Waals surface area contributed by atoms with E-state index in [1.807, 2.05) is 0 Å². The van der Waals surface area contributed by atoms with Crippen molar-refractivity contribution in [2.75, 3.05) is 0 Å². The Balaban J connectivity index is 2.56. The summed E-state index contributed by atoms with van der Waals surface area (Å²) < 4.78 is 0. The molecule has 0 aliphatic rings. The third kappa shape index (κ3) is 3.62. The highest BCUT2D eigenvalue weighted by molar-refractivity contribution is 7.10. The number of hydrogen-bond donors (Lipinski definition) is 1. The lowest BCUT2D eigenvalue weighted by atomic mass is 9.96. The molecule has 1 heterocycles. The SMILES string of the molecule is CCCC(C)CC(O)c1sccc1CC. The number of aliphatic hydroxyl groups excluding tert-OH is 1. The van der Waals surface area contributed by atoms with Gasteiger partial charge in [-0.05, 0) is 35.8 Å². The molecule has 0 saturated carbocycles. The highest BCUT2D eigenvalue weighted by Gasteiger charge is 2.15. The summed E-state index contributed by atoms with van der Waals surface area (Å²) >= 11 is 1.69. The van der Waals surface area contributed by atoms with E-state index in [2.05, 4.69) is 32.2 Å². The maximum Gasteiger partial charge on any atom is 0.0887 e. The van der Waals surface area contributed by atoms with Gasteiger partial charge in [-0.1, -0.05) is 33.6 Å². The molecule has 1 aromatic heterocycles. The molecule has 86 valence electrons. The molecular formula is C13H22OS. The Hall–Kier alpha value is -0.340. The van der Waals surface area contributed by atoms with E-state index in [4.69, 9.17) is 0 Å². The Morgan fingerprint density at radius 1 is 1.40 bits per heavy atom. The third-order valence-electron chi connectivity index (χ3n) is 2.87. The van der Waals surface area contributed by atoms with Crippen molar-refractivity contribution in [3.05, 3.63) is 21.9 Å². The van der Waals surface area contributed by atoms with Crippen molar-refractivity contribution in [2.45, 2.75) is 52.6 Å². The Morgan fingerprint density at radius 3 is 2.73 bits per heavy atom. The summed E-state index contributed by atoms with van der Waals surface area (Å²) in [7, 11) is 0. The lowest BCUT2D eigenvalue weighted by Crippen LogP contribution is -2.04. The highest BCUT2D eigenvalue weighted by Crippen LogP contribution is 2.30. The van der Waals surface area contributed by atoms with E-state index in [-0.39, 0.29) is 6.10 Å². The van der Waals surface area contributed by atoms with Crippen molar-refractivity contribution in [3.63, 3.8) is 0 Å². The molecule has 0 bridgehead atoms. The molecule has 0 fully saturated rings. The normalized spacial score (nSPS) is 15.2. The minimum atomic E-state index is -0.249. The zero-order valence-electron chi connectivity index (χ0n) is 9.99. The van der Waals surface area contributed by atoms with Crippen LogP contribution >= 0.6 is 11.3 Å². The van der Waals surface area contributed by atoms with Gasteiger partial charge in [0.1, 0.15) is 0 Å². The van der Waals surface area contributed by atoms with Gasteiger partial charge in [-0.15, -0.1) is 11.3 Å². The van der Waals surface area contributed by atoms with E-state index in [1.54, 1.807) is 11.3 Å². The average Bonchev–Trinajstić information content (AvgIpc) is 2.65. The van der Waals surface area contributed by atoms with Gasteiger partial charge >= 0.3 is 0 Å². The Bertz CT molecular complexity index is 280. The van der Waals surface area contributed by atoms with Crippen molar-refractivity contribution >= 4 is 11.3 Å². The van der Waals surface area contributed by atoms with Crippen LogP contribution in [0.25, 0.3) is 0 Å². The maximum absolute atomic E-state index is 10.1. The molecule has 0 radical (unpaired) electrons. The maximum atomic E-state index is 10.1. The van der Waals surface area contributed by atoms with Crippen LogP contribution in [0.1, 0.15) is 56.6 Å². The summed E-state index contributed by atoms with van der Waals surface area (Å²) in [4.78, 5) is 1.18. The molecule has 1 rings (SSSR count). The van der Waals surface area contributed by atoms with Gasteiger partial charge in [-0.3, -0.25) is 0 Å². The molecule has 1 nitrogen and oxygen atoms in total. The first-order chi connectivity index (χ1) is 7.19. The van der Waals surface area contributed by atoms with E-state index < -0.39 is 0 Å². The summed E-state index contributed by atoms with van der Waals surface area (Å²) in [6.45, 7) is 6.57. The van der Waals surface area contributed by atoms with Crippen LogP contribution in [-0.4, -0.2) is 5.11 Å². The lowest BCUT2D eigenvalue weighted by Gasteiger charge is -2.15. The summed E-state index contributed by atoms with van der Waals surface area (Å²) in [5, 5.41) is 12.2. The Morgan fingerprint density at radius 2 is 2.13 bits per heavy atom. The smallest absolute Gasteiger partial charge is 0.0887 e. The molecule has 2 atom stereocenters. The summed E-state index contributed by atoms with van der Waals surface area (Å²) in [6, 6.07) is 2.13. The van der Waals surface area contributed by atoms with Crippen LogP contribution in [0.4, 0.5) is 0 Å². The largest absolute Gasteiger partial charge is 0.388 e. The minimum absolute atomic E-state index is 0.249. The summed E-state index contributed by atoms with van der Waals surface area (Å²) in [5.74, 6) is 0.622. The van der Waals surface area contributed by atoms with E-state index in [0.29, 0.717) is 5.92 Å². The fraction of sp³-hybridized carbons (Fsp3) is 0.692. The van der Waals surface area contributed by atoms with Crippen molar-refractivity contribution in [3.8, 4) is 0 Å². The zero-order valence-corrected chi connectivity index (χ0v) is 10.8. The molecule has 0 saturated heterocycles. The fourth-order valence-corrected chi connectivity index (χ4v) is 3.03. The molecule has 0 amide bonds. The second kappa shape index (κ2) is 6.29. The Kier molecular flexibility index (Phi) is 5.34. The van der Waals surface area contributed by atoms with Crippen LogP contribution < -0.4 is 0 Å². The van der Waals surface area contributed by atoms with Crippen LogP contribution in [-0.2, 0) is 6.42 Å². The predicted molar refractivity (Wildman–Crippen MR) is 67.3 cm³/mol. The van der Waals surface area contributed by atoms with E-state index in [0.717, 1.165) is 12.8 Å². The number of aliphatic hydroxyl groups is 1. The standard InChI is InChI=1S/C13H22OS/c1-4-6-10(3)9-12(14)13-11(5-2)7-8-15-13/h7-8,10,12,14H,4-6,9H2,1-3H3. The first kappa shape index (κ1) is 12.7. The van der Waals surface area contributed by atoms with Gasteiger partial charge in [0.25, 0.3) is 0 Å². The molecule has 15 heavy (non-hydrogen) atoms. The van der Waals surface area contributed by atoms with Crippen LogP contribution in [0.5, 0.6) is 0 Å². The summed E-state index contributed by atoms with van der Waals surface area (Å²) in [6.07, 6.45) is 4.10. The minimum Gasteiger partial charge on any atom is -0.388 e. The number of hydrogen-bond acceptors (Lipinski definition) is 2. The monoisotopic (exact) mass is 226 g/mol.